The fourth-order valence-corrected chi connectivity index (χ4v) is 2.69. The number of barbiturate groups is 1. The number of carbonyl (C=O) groups excluding carboxylic acids is 3. The minimum absolute atomic E-state index is 0.106. The zero-order chi connectivity index (χ0) is 18.1. The second kappa shape index (κ2) is 6.53. The summed E-state index contributed by atoms with van der Waals surface area (Å²) in [6.07, 6.45) is 1.49. The average molecular weight is 355 g/mol. The van der Waals surface area contributed by atoms with Gasteiger partial charge in [-0.2, -0.15) is 0 Å². The third-order valence-electron chi connectivity index (χ3n) is 4.00. The maximum atomic E-state index is 12.8. The number of rotatable bonds is 2. The molecule has 126 valence electrons. The molecule has 4 amide bonds. The third kappa shape index (κ3) is 3.19. The number of nitrogens with one attached hydrogen (secondary N) is 1. The number of hydrogen-bond acceptors (Lipinski definition) is 3. The number of halogens is 1. The van der Waals surface area contributed by atoms with Gasteiger partial charge in [-0.05, 0) is 48.7 Å². The Bertz CT molecular complexity index is 934. The second-order valence-electron chi connectivity index (χ2n) is 5.75. The van der Waals surface area contributed by atoms with E-state index in [9.17, 15) is 14.4 Å². The van der Waals surface area contributed by atoms with E-state index in [1.54, 1.807) is 18.2 Å². The molecule has 0 spiro atoms. The van der Waals surface area contributed by atoms with E-state index >= 15 is 0 Å². The first-order valence-corrected chi connectivity index (χ1v) is 7.99. The maximum absolute atomic E-state index is 12.8. The number of aryl methyl sites for hydroxylation is 2. The van der Waals surface area contributed by atoms with Crippen molar-refractivity contribution in [3.8, 4) is 0 Å². The molecule has 0 atom stereocenters. The number of anilines is 1. The average Bonchev–Trinajstić information content (AvgIpc) is 2.56. The summed E-state index contributed by atoms with van der Waals surface area (Å²) in [6.45, 7) is 3.69. The number of amides is 4. The van der Waals surface area contributed by atoms with Crippen LogP contribution in [-0.4, -0.2) is 17.8 Å². The van der Waals surface area contributed by atoms with Crippen molar-refractivity contribution < 1.29 is 14.4 Å². The fraction of sp³-hybridized carbons (Fsp3) is 0.105. The topological polar surface area (TPSA) is 66.5 Å². The molecule has 1 fully saturated rings. The smallest absolute Gasteiger partial charge is 0.273 e. The molecular formula is C19H15ClN2O3. The Labute approximate surface area is 149 Å². The predicted molar refractivity (Wildman–Crippen MR) is 96.4 cm³/mol. The Morgan fingerprint density at radius 2 is 1.72 bits per heavy atom. The molecule has 0 unspecified atom stereocenters. The van der Waals surface area contributed by atoms with Gasteiger partial charge in [0.1, 0.15) is 5.57 Å². The van der Waals surface area contributed by atoms with Gasteiger partial charge in [-0.15, -0.1) is 0 Å². The van der Waals surface area contributed by atoms with E-state index in [2.05, 4.69) is 5.32 Å². The number of urea groups is 1. The zero-order valence-electron chi connectivity index (χ0n) is 13.7. The molecule has 0 aromatic heterocycles. The highest BCUT2D eigenvalue weighted by atomic mass is 35.5. The largest absolute Gasteiger partial charge is 0.335 e. The highest BCUT2D eigenvalue weighted by Crippen LogP contribution is 2.26. The van der Waals surface area contributed by atoms with Gasteiger partial charge in [-0.25, -0.2) is 9.69 Å². The van der Waals surface area contributed by atoms with Gasteiger partial charge in [0.2, 0.25) is 0 Å². The monoisotopic (exact) mass is 354 g/mol. The number of imide groups is 2. The van der Waals surface area contributed by atoms with E-state index in [4.69, 9.17) is 11.6 Å². The van der Waals surface area contributed by atoms with Crippen molar-refractivity contribution >= 4 is 41.2 Å². The van der Waals surface area contributed by atoms with Gasteiger partial charge in [0, 0.05) is 5.02 Å². The van der Waals surface area contributed by atoms with E-state index < -0.39 is 17.8 Å². The Morgan fingerprint density at radius 1 is 1.00 bits per heavy atom. The molecule has 25 heavy (non-hydrogen) atoms. The molecule has 0 radical (unpaired) electrons. The summed E-state index contributed by atoms with van der Waals surface area (Å²) in [7, 11) is 0. The molecular weight excluding hydrogens is 340 g/mol. The van der Waals surface area contributed by atoms with E-state index in [0.29, 0.717) is 10.7 Å². The van der Waals surface area contributed by atoms with Crippen LogP contribution in [0.15, 0.2) is 48.0 Å². The van der Waals surface area contributed by atoms with E-state index in [0.717, 1.165) is 21.6 Å². The second-order valence-corrected chi connectivity index (χ2v) is 6.16. The Balaban J connectivity index is 2.05. The zero-order valence-corrected chi connectivity index (χ0v) is 14.4. The third-order valence-corrected chi connectivity index (χ3v) is 4.41. The number of carbonyl (C=O) groups is 3. The van der Waals surface area contributed by atoms with Gasteiger partial charge >= 0.3 is 6.03 Å². The maximum Gasteiger partial charge on any atom is 0.335 e. The fourth-order valence-electron chi connectivity index (χ4n) is 2.52. The van der Waals surface area contributed by atoms with E-state index in [1.165, 1.54) is 12.1 Å². The number of hydrogen-bond donors (Lipinski definition) is 1. The standard InChI is InChI=1S/C19H15ClN2O3/c1-11-5-3-4-6-13(11)9-15-17(23)21-19(25)22(18(15)24)14-8-7-12(2)16(20)10-14/h3-10H,1-2H3,(H,21,23,25)/b15-9+. The van der Waals surface area contributed by atoms with Crippen molar-refractivity contribution in [2.75, 3.05) is 4.90 Å². The molecule has 3 rings (SSSR count). The molecule has 1 aliphatic heterocycles. The van der Waals surface area contributed by atoms with Crippen LogP contribution in [0.25, 0.3) is 6.08 Å². The first-order chi connectivity index (χ1) is 11.9. The lowest BCUT2D eigenvalue weighted by Gasteiger charge is -2.26. The molecule has 0 saturated carbocycles. The summed E-state index contributed by atoms with van der Waals surface area (Å²) in [4.78, 5) is 38.0. The molecule has 1 heterocycles. The molecule has 1 aliphatic rings. The minimum atomic E-state index is -0.795. The van der Waals surface area contributed by atoms with Crippen molar-refractivity contribution in [1.29, 1.82) is 0 Å². The lowest BCUT2D eigenvalue weighted by atomic mass is 10.0. The minimum Gasteiger partial charge on any atom is -0.273 e. The Kier molecular flexibility index (Phi) is 4.42. The Morgan fingerprint density at radius 3 is 2.40 bits per heavy atom. The normalized spacial score (nSPS) is 16.4. The van der Waals surface area contributed by atoms with Crippen LogP contribution in [-0.2, 0) is 9.59 Å². The van der Waals surface area contributed by atoms with Gasteiger partial charge in [0.05, 0.1) is 5.69 Å². The molecule has 1 N–H and O–H groups in total. The van der Waals surface area contributed by atoms with Crippen molar-refractivity contribution in [3.63, 3.8) is 0 Å². The molecule has 5 nitrogen and oxygen atoms in total. The molecule has 0 bridgehead atoms. The van der Waals surface area contributed by atoms with Crippen molar-refractivity contribution in [3.05, 3.63) is 69.8 Å². The molecule has 1 saturated heterocycles. The summed E-state index contributed by atoms with van der Waals surface area (Å²) in [5.74, 6) is -1.40. The summed E-state index contributed by atoms with van der Waals surface area (Å²) >= 11 is 6.09. The van der Waals surface area contributed by atoms with Crippen molar-refractivity contribution in [1.82, 2.24) is 5.32 Å². The summed E-state index contributed by atoms with van der Waals surface area (Å²) in [5, 5.41) is 2.63. The van der Waals surface area contributed by atoms with Crippen LogP contribution in [0.3, 0.4) is 0 Å². The highest BCUT2D eigenvalue weighted by Gasteiger charge is 2.37. The first kappa shape index (κ1) is 16.9. The highest BCUT2D eigenvalue weighted by molar-refractivity contribution is 6.39. The SMILES string of the molecule is Cc1ccc(N2C(=O)NC(=O)/C(=C\c3ccccc3C)C2=O)cc1Cl. The van der Waals surface area contributed by atoms with Crippen LogP contribution in [0.1, 0.15) is 16.7 Å². The molecule has 2 aromatic carbocycles. The molecule has 2 aromatic rings. The van der Waals surface area contributed by atoms with Crippen molar-refractivity contribution in [2.45, 2.75) is 13.8 Å². The van der Waals surface area contributed by atoms with Crippen LogP contribution < -0.4 is 10.2 Å². The van der Waals surface area contributed by atoms with Crippen LogP contribution in [0, 0.1) is 13.8 Å². The van der Waals surface area contributed by atoms with Crippen LogP contribution >= 0.6 is 11.6 Å². The molecule has 0 aliphatic carbocycles. The lowest BCUT2D eigenvalue weighted by Crippen LogP contribution is -2.54. The van der Waals surface area contributed by atoms with Crippen LogP contribution in [0.4, 0.5) is 10.5 Å². The predicted octanol–water partition coefficient (Wildman–Crippen LogP) is 3.62. The van der Waals surface area contributed by atoms with Gasteiger partial charge in [0.15, 0.2) is 0 Å². The molecule has 6 heteroatoms. The number of nitrogens with zero attached hydrogens (tertiary/aromatic N) is 1. The van der Waals surface area contributed by atoms with Gasteiger partial charge < -0.3 is 0 Å². The van der Waals surface area contributed by atoms with Gasteiger partial charge in [-0.1, -0.05) is 41.9 Å². The summed E-state index contributed by atoms with van der Waals surface area (Å²) in [5.41, 5.74) is 2.67. The summed E-state index contributed by atoms with van der Waals surface area (Å²) in [6, 6.07) is 11.4. The Hall–Kier alpha value is -2.92. The van der Waals surface area contributed by atoms with Crippen molar-refractivity contribution in [2.24, 2.45) is 0 Å². The van der Waals surface area contributed by atoms with Gasteiger partial charge in [-0.3, -0.25) is 14.9 Å². The van der Waals surface area contributed by atoms with Crippen LogP contribution in [0.5, 0.6) is 0 Å². The number of benzene rings is 2. The van der Waals surface area contributed by atoms with E-state index in [-0.39, 0.29) is 5.57 Å². The lowest BCUT2D eigenvalue weighted by molar-refractivity contribution is -0.122. The quantitative estimate of drug-likeness (QED) is 0.661. The summed E-state index contributed by atoms with van der Waals surface area (Å²) < 4.78 is 0. The first-order valence-electron chi connectivity index (χ1n) is 7.61. The van der Waals surface area contributed by atoms with Crippen LogP contribution in [0.2, 0.25) is 5.02 Å². The van der Waals surface area contributed by atoms with E-state index in [1.807, 2.05) is 32.0 Å². The van der Waals surface area contributed by atoms with Gasteiger partial charge in [0.25, 0.3) is 11.8 Å².